The van der Waals surface area contributed by atoms with Crippen molar-refractivity contribution in [3.63, 3.8) is 0 Å². The Kier molecular flexibility index (Phi) is 4.78. The van der Waals surface area contributed by atoms with Crippen LogP contribution in [0.2, 0.25) is 0 Å². The van der Waals surface area contributed by atoms with Gasteiger partial charge in [0.15, 0.2) is 0 Å². The highest BCUT2D eigenvalue weighted by Crippen LogP contribution is 1.64. The first-order valence-corrected chi connectivity index (χ1v) is 2.92. The van der Waals surface area contributed by atoms with Crippen LogP contribution in [0, 0.1) is 0 Å². The van der Waals surface area contributed by atoms with Crippen LogP contribution in [0.5, 0.6) is 0 Å². The van der Waals surface area contributed by atoms with Gasteiger partial charge < -0.3 is 9.22 Å². The molecule has 6 heavy (non-hydrogen) atoms. The molecule has 0 spiro atoms. The van der Waals surface area contributed by atoms with E-state index in [1.165, 1.54) is 0 Å². The summed E-state index contributed by atoms with van der Waals surface area (Å²) in [6, 6.07) is 0. The fourth-order valence-electron chi connectivity index (χ4n) is 0.136. The standard InChI is InChI=1S/C3H8O2Si/c1-2-3-5-6-4/h2,4H,1,3,6H2. The fraction of sp³-hybridized carbons (Fsp3) is 0.333. The van der Waals surface area contributed by atoms with E-state index in [2.05, 4.69) is 11.0 Å². The maximum Gasteiger partial charge on any atom is 0.302 e. The zero-order valence-electron chi connectivity index (χ0n) is 3.55. The van der Waals surface area contributed by atoms with Crippen LogP contribution in [-0.4, -0.2) is 21.4 Å². The molecule has 0 saturated carbocycles. The third-order valence-corrected chi connectivity index (χ3v) is 0.745. The summed E-state index contributed by atoms with van der Waals surface area (Å²) < 4.78 is 4.56. The molecule has 0 rings (SSSR count). The third kappa shape index (κ3) is 3.88. The Balaban J connectivity index is 2.49. The topological polar surface area (TPSA) is 29.5 Å². The highest BCUT2D eigenvalue weighted by atomic mass is 28.2. The van der Waals surface area contributed by atoms with E-state index in [-0.39, 0.29) is 0 Å². The van der Waals surface area contributed by atoms with Crippen molar-refractivity contribution in [1.29, 1.82) is 0 Å². The van der Waals surface area contributed by atoms with Crippen molar-refractivity contribution in [3.8, 4) is 0 Å². The lowest BCUT2D eigenvalue weighted by Crippen LogP contribution is -1.94. The molecule has 0 aromatic rings. The van der Waals surface area contributed by atoms with E-state index in [1.54, 1.807) is 6.08 Å². The quantitative estimate of drug-likeness (QED) is 0.288. The smallest absolute Gasteiger partial charge is 0.302 e. The molecule has 2 nitrogen and oxygen atoms in total. The van der Waals surface area contributed by atoms with E-state index < -0.39 is 10.0 Å². The molecule has 0 amide bonds. The number of hydrogen-bond donors (Lipinski definition) is 1. The van der Waals surface area contributed by atoms with Crippen molar-refractivity contribution >= 4 is 10.0 Å². The lowest BCUT2D eigenvalue weighted by atomic mass is 10.7. The van der Waals surface area contributed by atoms with Crippen molar-refractivity contribution in [2.75, 3.05) is 6.61 Å². The largest absolute Gasteiger partial charge is 0.415 e. The summed E-state index contributed by atoms with van der Waals surface area (Å²) in [5.74, 6) is 0. The van der Waals surface area contributed by atoms with E-state index >= 15 is 0 Å². The second-order valence-corrected chi connectivity index (χ2v) is 1.46. The summed E-state index contributed by atoms with van der Waals surface area (Å²) in [5, 5.41) is 0. The van der Waals surface area contributed by atoms with Crippen LogP contribution < -0.4 is 0 Å². The van der Waals surface area contributed by atoms with Gasteiger partial charge in [-0.05, 0) is 0 Å². The molecule has 0 aromatic heterocycles. The third-order valence-electron chi connectivity index (χ3n) is 0.327. The van der Waals surface area contributed by atoms with Crippen LogP contribution in [0.25, 0.3) is 0 Å². The molecule has 1 N–H and O–H groups in total. The Labute approximate surface area is 39.5 Å². The van der Waals surface area contributed by atoms with Gasteiger partial charge in [-0.3, -0.25) is 0 Å². The number of rotatable bonds is 3. The van der Waals surface area contributed by atoms with Crippen molar-refractivity contribution in [2.45, 2.75) is 0 Å². The van der Waals surface area contributed by atoms with Crippen LogP contribution in [0.3, 0.4) is 0 Å². The Bertz CT molecular complexity index is 37.8. The Morgan fingerprint density at radius 3 is 2.83 bits per heavy atom. The Hall–Kier alpha value is -0.123. The minimum Gasteiger partial charge on any atom is -0.415 e. The van der Waals surface area contributed by atoms with E-state index in [9.17, 15) is 0 Å². The SMILES string of the molecule is C=CCO[SiH2]O. The van der Waals surface area contributed by atoms with Crippen molar-refractivity contribution in [2.24, 2.45) is 0 Å². The van der Waals surface area contributed by atoms with Gasteiger partial charge in [0.1, 0.15) is 0 Å². The van der Waals surface area contributed by atoms with Crippen molar-refractivity contribution in [3.05, 3.63) is 12.7 Å². The predicted molar refractivity (Wildman–Crippen MR) is 26.9 cm³/mol. The molecule has 0 unspecified atom stereocenters. The molecule has 0 heterocycles. The molecule has 3 heteroatoms. The van der Waals surface area contributed by atoms with Crippen molar-refractivity contribution in [1.82, 2.24) is 0 Å². The summed E-state index contributed by atoms with van der Waals surface area (Å²) in [7, 11) is -1.17. The maximum absolute atomic E-state index is 8.07. The zero-order chi connectivity index (χ0) is 4.83. The van der Waals surface area contributed by atoms with Gasteiger partial charge in [0.05, 0.1) is 6.61 Å². The highest BCUT2D eigenvalue weighted by Gasteiger charge is 1.71. The summed E-state index contributed by atoms with van der Waals surface area (Å²) in [5.41, 5.74) is 0. The van der Waals surface area contributed by atoms with Crippen LogP contribution in [0.15, 0.2) is 12.7 Å². The van der Waals surface area contributed by atoms with Crippen LogP contribution in [-0.2, 0) is 4.43 Å². The molecule has 0 atom stereocenters. The van der Waals surface area contributed by atoms with E-state index in [0.29, 0.717) is 6.61 Å². The van der Waals surface area contributed by atoms with Crippen molar-refractivity contribution < 1.29 is 9.22 Å². The molecule has 0 aliphatic rings. The zero-order valence-corrected chi connectivity index (χ0v) is 4.97. The van der Waals surface area contributed by atoms with E-state index in [0.717, 1.165) is 0 Å². The van der Waals surface area contributed by atoms with Gasteiger partial charge in [0.25, 0.3) is 0 Å². The average Bonchev–Trinajstić information content (AvgIpc) is 1.61. The second-order valence-electron chi connectivity index (χ2n) is 0.789. The minimum atomic E-state index is -1.17. The van der Waals surface area contributed by atoms with Crippen LogP contribution in [0.4, 0.5) is 0 Å². The number of hydrogen-bond acceptors (Lipinski definition) is 2. The first-order chi connectivity index (χ1) is 2.91. The second kappa shape index (κ2) is 4.88. The fourth-order valence-corrected chi connectivity index (χ4v) is 0.408. The van der Waals surface area contributed by atoms with Gasteiger partial charge in [-0.2, -0.15) is 0 Å². The molecular weight excluding hydrogens is 96.1 g/mol. The highest BCUT2D eigenvalue weighted by molar-refractivity contribution is 6.15. The molecule has 36 valence electrons. The lowest BCUT2D eigenvalue weighted by Gasteiger charge is -1.86. The van der Waals surface area contributed by atoms with Crippen LogP contribution in [0.1, 0.15) is 0 Å². The summed E-state index contributed by atoms with van der Waals surface area (Å²) in [6.45, 7) is 3.87. The molecular formula is C3H8O2Si. The first-order valence-electron chi connectivity index (χ1n) is 1.71. The van der Waals surface area contributed by atoms with Gasteiger partial charge in [-0.15, -0.1) is 6.58 Å². The molecule has 0 aromatic carbocycles. The van der Waals surface area contributed by atoms with Gasteiger partial charge in [0, 0.05) is 0 Å². The Morgan fingerprint density at radius 1 is 2.00 bits per heavy atom. The lowest BCUT2D eigenvalue weighted by molar-refractivity contribution is 0.321. The normalized spacial score (nSPS) is 10.2. The molecule has 0 fully saturated rings. The van der Waals surface area contributed by atoms with Gasteiger partial charge >= 0.3 is 10.0 Å². The monoisotopic (exact) mass is 104 g/mol. The van der Waals surface area contributed by atoms with Gasteiger partial charge in [0.2, 0.25) is 0 Å². The van der Waals surface area contributed by atoms with E-state index in [4.69, 9.17) is 4.80 Å². The summed E-state index contributed by atoms with van der Waals surface area (Å²) >= 11 is 0. The molecule has 0 aliphatic heterocycles. The minimum absolute atomic E-state index is 0.489. The molecule has 0 radical (unpaired) electrons. The maximum atomic E-state index is 8.07. The van der Waals surface area contributed by atoms with E-state index in [1.807, 2.05) is 0 Å². The summed E-state index contributed by atoms with van der Waals surface area (Å²) in [6.07, 6.45) is 1.61. The summed E-state index contributed by atoms with van der Waals surface area (Å²) in [4.78, 5) is 8.07. The Morgan fingerprint density at radius 2 is 2.67 bits per heavy atom. The molecule has 0 aliphatic carbocycles. The average molecular weight is 104 g/mol. The van der Waals surface area contributed by atoms with Gasteiger partial charge in [-0.25, -0.2) is 0 Å². The predicted octanol–water partition coefficient (Wildman–Crippen LogP) is -0.820. The first kappa shape index (κ1) is 5.88. The van der Waals surface area contributed by atoms with Gasteiger partial charge in [-0.1, -0.05) is 6.08 Å². The molecule has 0 bridgehead atoms. The van der Waals surface area contributed by atoms with Crippen LogP contribution >= 0.6 is 0 Å². The molecule has 0 saturated heterocycles.